The third-order valence-electron chi connectivity index (χ3n) is 2.10. The van der Waals surface area contributed by atoms with Crippen molar-refractivity contribution >= 4 is 17.4 Å². The first-order chi connectivity index (χ1) is 7.18. The first-order valence-electron chi connectivity index (χ1n) is 4.51. The van der Waals surface area contributed by atoms with Crippen LogP contribution in [0, 0.1) is 5.82 Å². The number of halogens is 2. The number of ether oxygens (including phenoxy) is 1. The van der Waals surface area contributed by atoms with Crippen LogP contribution in [0.5, 0.6) is 0 Å². The van der Waals surface area contributed by atoms with Crippen molar-refractivity contribution in [1.29, 1.82) is 0 Å². The number of rotatable bonds is 2. The molecule has 1 aromatic carbocycles. The molecule has 2 nitrogen and oxygen atoms in total. The molecule has 0 radical (unpaired) electrons. The summed E-state index contributed by atoms with van der Waals surface area (Å²) in [6, 6.07) is 3.68. The molecule has 78 valence electrons. The second-order valence-electron chi connectivity index (χ2n) is 3.16. The number of carbonyl (C=O) groups is 1. The fourth-order valence-electron chi connectivity index (χ4n) is 1.38. The Morgan fingerprint density at radius 1 is 1.47 bits per heavy atom. The molecule has 2 rings (SSSR count). The highest BCUT2D eigenvalue weighted by atomic mass is 35.5. The largest absolute Gasteiger partial charge is 0.489 e. The van der Waals surface area contributed by atoms with Gasteiger partial charge in [0.2, 0.25) is 5.78 Å². The molecule has 0 bridgehead atoms. The second kappa shape index (κ2) is 4.03. The van der Waals surface area contributed by atoms with Gasteiger partial charge in [-0.3, -0.25) is 4.79 Å². The third kappa shape index (κ3) is 2.02. The van der Waals surface area contributed by atoms with E-state index in [0.717, 1.165) is 12.5 Å². The summed E-state index contributed by atoms with van der Waals surface area (Å²) in [6.45, 7) is 0.514. The zero-order valence-electron chi connectivity index (χ0n) is 7.80. The van der Waals surface area contributed by atoms with Gasteiger partial charge in [-0.15, -0.1) is 0 Å². The van der Waals surface area contributed by atoms with Crippen molar-refractivity contribution in [2.45, 2.75) is 6.42 Å². The fourth-order valence-corrected chi connectivity index (χ4v) is 1.64. The van der Waals surface area contributed by atoms with Crippen molar-refractivity contribution < 1.29 is 13.9 Å². The lowest BCUT2D eigenvalue weighted by Crippen LogP contribution is -2.04. The van der Waals surface area contributed by atoms with E-state index in [1.54, 1.807) is 6.08 Å². The average Bonchev–Trinajstić information content (AvgIpc) is 2.69. The Kier molecular flexibility index (Phi) is 2.73. The smallest absolute Gasteiger partial charge is 0.228 e. The summed E-state index contributed by atoms with van der Waals surface area (Å²) in [5, 5.41) is 0.108. The van der Waals surface area contributed by atoms with Crippen LogP contribution in [0.3, 0.4) is 0 Å². The highest BCUT2D eigenvalue weighted by Crippen LogP contribution is 2.22. The summed E-state index contributed by atoms with van der Waals surface area (Å²) >= 11 is 5.76. The van der Waals surface area contributed by atoms with E-state index in [-0.39, 0.29) is 16.4 Å². The Morgan fingerprint density at radius 2 is 2.27 bits per heavy atom. The molecular weight excluding hydrogens is 219 g/mol. The molecule has 1 aliphatic heterocycles. The predicted octanol–water partition coefficient (Wildman–Crippen LogP) is 2.97. The van der Waals surface area contributed by atoms with Gasteiger partial charge in [-0.25, -0.2) is 4.39 Å². The minimum atomic E-state index is -0.460. The monoisotopic (exact) mass is 226 g/mol. The third-order valence-corrected chi connectivity index (χ3v) is 2.42. The van der Waals surface area contributed by atoms with Crippen LogP contribution >= 0.6 is 11.6 Å². The van der Waals surface area contributed by atoms with Crippen LogP contribution in [0.15, 0.2) is 30.0 Å². The van der Waals surface area contributed by atoms with Gasteiger partial charge in [0.05, 0.1) is 11.6 Å². The standard InChI is InChI=1S/C11H8ClFO2/c12-9-6-7(13)3-4-8(9)11(14)10-2-1-5-15-10/h2-4,6H,1,5H2. The number of carbonyl (C=O) groups excluding carboxylic acids is 1. The van der Waals surface area contributed by atoms with Crippen LogP contribution in [0.4, 0.5) is 4.39 Å². The number of Topliss-reactive ketones (excluding diaryl/α,β-unsaturated/α-hetero) is 1. The van der Waals surface area contributed by atoms with Gasteiger partial charge in [0.15, 0.2) is 5.76 Å². The molecule has 0 spiro atoms. The van der Waals surface area contributed by atoms with Gasteiger partial charge in [0.1, 0.15) is 5.82 Å². The molecule has 0 fully saturated rings. The van der Waals surface area contributed by atoms with Gasteiger partial charge in [-0.05, 0) is 24.3 Å². The molecule has 0 aromatic heterocycles. The van der Waals surface area contributed by atoms with Crippen LogP contribution in [-0.2, 0) is 4.74 Å². The van der Waals surface area contributed by atoms with Gasteiger partial charge < -0.3 is 4.74 Å². The van der Waals surface area contributed by atoms with Crippen LogP contribution in [0.2, 0.25) is 5.02 Å². The summed E-state index contributed by atoms with van der Waals surface area (Å²) in [5.41, 5.74) is 0.270. The molecule has 1 aromatic rings. The van der Waals surface area contributed by atoms with Gasteiger partial charge in [0, 0.05) is 12.0 Å². The van der Waals surface area contributed by atoms with E-state index >= 15 is 0 Å². The molecule has 1 heterocycles. The Bertz CT molecular complexity index is 440. The van der Waals surface area contributed by atoms with Crippen molar-refractivity contribution in [3.8, 4) is 0 Å². The molecule has 4 heteroatoms. The average molecular weight is 227 g/mol. The Hall–Kier alpha value is -1.35. The van der Waals surface area contributed by atoms with E-state index in [9.17, 15) is 9.18 Å². The minimum absolute atomic E-state index is 0.108. The molecule has 0 aliphatic carbocycles. The molecular formula is C11H8ClFO2. The Morgan fingerprint density at radius 3 is 2.87 bits per heavy atom. The molecule has 0 N–H and O–H groups in total. The number of allylic oxidation sites excluding steroid dienone is 1. The fraction of sp³-hybridized carbons (Fsp3) is 0.182. The Labute approximate surface area is 91.3 Å². The van der Waals surface area contributed by atoms with Crippen molar-refractivity contribution in [2.24, 2.45) is 0 Å². The molecule has 0 unspecified atom stereocenters. The van der Waals surface area contributed by atoms with Gasteiger partial charge >= 0.3 is 0 Å². The van der Waals surface area contributed by atoms with Crippen LogP contribution in [0.1, 0.15) is 16.8 Å². The molecule has 0 atom stereocenters. The molecule has 15 heavy (non-hydrogen) atoms. The SMILES string of the molecule is O=C(C1=CCCO1)c1ccc(F)cc1Cl. The van der Waals surface area contributed by atoms with E-state index in [4.69, 9.17) is 16.3 Å². The maximum atomic E-state index is 12.7. The lowest BCUT2D eigenvalue weighted by atomic mass is 10.1. The van der Waals surface area contributed by atoms with Crippen LogP contribution in [-0.4, -0.2) is 12.4 Å². The van der Waals surface area contributed by atoms with Crippen molar-refractivity contribution in [3.05, 3.63) is 46.4 Å². The van der Waals surface area contributed by atoms with E-state index in [1.165, 1.54) is 12.1 Å². The summed E-state index contributed by atoms with van der Waals surface area (Å²) in [4.78, 5) is 11.8. The topological polar surface area (TPSA) is 26.3 Å². The molecule has 0 saturated carbocycles. The summed E-state index contributed by atoms with van der Waals surface area (Å²) < 4.78 is 17.9. The summed E-state index contributed by atoms with van der Waals surface area (Å²) in [7, 11) is 0. The zero-order valence-corrected chi connectivity index (χ0v) is 8.55. The zero-order chi connectivity index (χ0) is 10.8. The highest BCUT2D eigenvalue weighted by molar-refractivity contribution is 6.34. The number of hydrogen-bond donors (Lipinski definition) is 0. The Balaban J connectivity index is 2.33. The molecule has 0 amide bonds. The van der Waals surface area contributed by atoms with E-state index in [1.807, 2.05) is 0 Å². The maximum absolute atomic E-state index is 12.7. The second-order valence-corrected chi connectivity index (χ2v) is 3.57. The van der Waals surface area contributed by atoms with E-state index in [2.05, 4.69) is 0 Å². The minimum Gasteiger partial charge on any atom is -0.489 e. The predicted molar refractivity (Wildman–Crippen MR) is 54.4 cm³/mol. The number of benzene rings is 1. The maximum Gasteiger partial charge on any atom is 0.228 e. The molecule has 1 aliphatic rings. The van der Waals surface area contributed by atoms with Gasteiger partial charge in [-0.1, -0.05) is 11.6 Å². The number of ketones is 1. The van der Waals surface area contributed by atoms with Crippen molar-refractivity contribution in [2.75, 3.05) is 6.61 Å². The first kappa shape index (κ1) is 10.2. The lowest BCUT2D eigenvalue weighted by Gasteiger charge is -2.04. The normalized spacial score (nSPS) is 14.7. The molecule has 0 saturated heterocycles. The number of hydrogen-bond acceptors (Lipinski definition) is 2. The summed E-state index contributed by atoms with van der Waals surface area (Å²) in [5.74, 6) is -0.459. The summed E-state index contributed by atoms with van der Waals surface area (Å²) in [6.07, 6.45) is 2.43. The quantitative estimate of drug-likeness (QED) is 0.725. The first-order valence-corrected chi connectivity index (χ1v) is 4.89. The van der Waals surface area contributed by atoms with E-state index in [0.29, 0.717) is 12.4 Å². The highest BCUT2D eigenvalue weighted by Gasteiger charge is 2.19. The van der Waals surface area contributed by atoms with Crippen molar-refractivity contribution in [3.63, 3.8) is 0 Å². The van der Waals surface area contributed by atoms with Crippen LogP contribution < -0.4 is 0 Å². The van der Waals surface area contributed by atoms with Crippen molar-refractivity contribution in [1.82, 2.24) is 0 Å². The lowest BCUT2D eigenvalue weighted by molar-refractivity contribution is 0.0942. The van der Waals surface area contributed by atoms with Gasteiger partial charge in [-0.2, -0.15) is 0 Å². The van der Waals surface area contributed by atoms with Crippen LogP contribution in [0.25, 0.3) is 0 Å². The van der Waals surface area contributed by atoms with E-state index < -0.39 is 5.82 Å². The van der Waals surface area contributed by atoms with Gasteiger partial charge in [0.25, 0.3) is 0 Å².